The van der Waals surface area contributed by atoms with Gasteiger partial charge in [0.25, 0.3) is 0 Å². The van der Waals surface area contributed by atoms with Gasteiger partial charge in [0.15, 0.2) is 5.13 Å². The smallest absolute Gasteiger partial charge is 0.183 e. The average Bonchev–Trinajstić information content (AvgIpc) is 2.73. The molecule has 2 rings (SSSR count). The maximum Gasteiger partial charge on any atom is 0.183 e. The molecule has 86 valence electrons. The Morgan fingerprint density at radius 1 is 1.31 bits per heavy atom. The molecule has 0 radical (unpaired) electrons. The molecule has 0 spiro atoms. The summed E-state index contributed by atoms with van der Waals surface area (Å²) in [4.78, 5) is 7.19. The van der Waals surface area contributed by atoms with Gasteiger partial charge in [0.05, 0.1) is 11.7 Å². The van der Waals surface area contributed by atoms with Crippen LogP contribution in [0.5, 0.6) is 0 Å². The minimum atomic E-state index is 0.329. The van der Waals surface area contributed by atoms with E-state index in [1.807, 2.05) is 18.3 Å². The fourth-order valence-electron chi connectivity index (χ4n) is 1.76. The normalized spacial score (nSPS) is 12.8. The quantitative estimate of drug-likeness (QED) is 0.880. The predicted octanol–water partition coefficient (Wildman–Crippen LogP) is 4.30. The van der Waals surface area contributed by atoms with Gasteiger partial charge in [-0.15, -0.1) is 22.7 Å². The topological polar surface area (TPSA) is 24.9 Å². The molecule has 0 aliphatic heterocycles. The summed E-state index contributed by atoms with van der Waals surface area (Å²) >= 11 is 3.52. The van der Waals surface area contributed by atoms with Crippen LogP contribution in [0, 0.1) is 20.8 Å². The van der Waals surface area contributed by atoms with Crippen LogP contribution in [0.25, 0.3) is 0 Å². The lowest BCUT2D eigenvalue weighted by atomic mass is 10.1. The molecule has 1 unspecified atom stereocenters. The monoisotopic (exact) mass is 252 g/mol. The summed E-state index contributed by atoms with van der Waals surface area (Å²) in [6.45, 7) is 8.54. The molecule has 0 amide bonds. The number of aryl methyl sites for hydroxylation is 3. The van der Waals surface area contributed by atoms with Crippen LogP contribution < -0.4 is 5.32 Å². The first-order chi connectivity index (χ1) is 7.56. The van der Waals surface area contributed by atoms with Crippen molar-refractivity contribution in [3.05, 3.63) is 32.5 Å². The predicted molar refractivity (Wildman–Crippen MR) is 72.7 cm³/mol. The van der Waals surface area contributed by atoms with Crippen molar-refractivity contribution < 1.29 is 0 Å². The second kappa shape index (κ2) is 4.55. The molecule has 0 aliphatic rings. The number of aromatic nitrogens is 1. The molecule has 2 nitrogen and oxygen atoms in total. The Morgan fingerprint density at radius 2 is 2.06 bits per heavy atom. The van der Waals surface area contributed by atoms with Crippen LogP contribution in [0.4, 0.5) is 5.13 Å². The summed E-state index contributed by atoms with van der Waals surface area (Å²) in [5, 5.41) is 6.53. The molecule has 0 aliphatic carbocycles. The van der Waals surface area contributed by atoms with E-state index in [4.69, 9.17) is 0 Å². The maximum atomic E-state index is 4.42. The lowest BCUT2D eigenvalue weighted by Gasteiger charge is -2.12. The minimum absolute atomic E-state index is 0.329. The highest BCUT2D eigenvalue weighted by molar-refractivity contribution is 7.13. The van der Waals surface area contributed by atoms with E-state index in [2.05, 4.69) is 42.5 Å². The fraction of sp³-hybridized carbons (Fsp3) is 0.417. The Bertz CT molecular complexity index is 485. The van der Waals surface area contributed by atoms with E-state index < -0.39 is 0 Å². The number of thiophene rings is 1. The molecule has 2 aromatic rings. The first kappa shape index (κ1) is 11.6. The maximum absolute atomic E-state index is 4.42. The van der Waals surface area contributed by atoms with Gasteiger partial charge in [-0.25, -0.2) is 4.98 Å². The number of hydrogen-bond donors (Lipinski definition) is 1. The summed E-state index contributed by atoms with van der Waals surface area (Å²) in [5.41, 5.74) is 2.47. The molecular weight excluding hydrogens is 236 g/mol. The van der Waals surface area contributed by atoms with Gasteiger partial charge in [0.1, 0.15) is 0 Å². The summed E-state index contributed by atoms with van der Waals surface area (Å²) in [6, 6.07) is 2.59. The second-order valence-electron chi connectivity index (χ2n) is 4.03. The molecule has 0 fully saturated rings. The molecule has 1 atom stereocenters. The number of thiazole rings is 1. The fourth-order valence-corrected chi connectivity index (χ4v) is 3.56. The van der Waals surface area contributed by atoms with E-state index in [-0.39, 0.29) is 0 Å². The van der Waals surface area contributed by atoms with Gasteiger partial charge in [-0.05, 0) is 39.3 Å². The van der Waals surface area contributed by atoms with Crippen molar-refractivity contribution in [3.63, 3.8) is 0 Å². The second-order valence-corrected chi connectivity index (χ2v) is 6.35. The summed E-state index contributed by atoms with van der Waals surface area (Å²) in [5.74, 6) is 0. The summed E-state index contributed by atoms with van der Waals surface area (Å²) in [6.07, 6.45) is 0. The van der Waals surface area contributed by atoms with Gasteiger partial charge in [0.2, 0.25) is 0 Å². The standard InChI is InChI=1S/C12H16N2S2/c1-7-6-15-12(13-7)14-9(3)11-5-8(2)16-10(11)4/h5-6,9H,1-4H3,(H,13,14). The van der Waals surface area contributed by atoms with Crippen molar-refractivity contribution in [2.24, 2.45) is 0 Å². The van der Waals surface area contributed by atoms with Gasteiger partial charge >= 0.3 is 0 Å². The van der Waals surface area contributed by atoms with E-state index in [1.165, 1.54) is 15.3 Å². The van der Waals surface area contributed by atoms with Crippen molar-refractivity contribution in [1.82, 2.24) is 4.98 Å². The van der Waals surface area contributed by atoms with E-state index in [1.54, 1.807) is 11.3 Å². The molecule has 1 N–H and O–H groups in total. The summed E-state index contributed by atoms with van der Waals surface area (Å²) < 4.78 is 0. The highest BCUT2D eigenvalue weighted by atomic mass is 32.1. The van der Waals surface area contributed by atoms with Gasteiger partial charge in [-0.2, -0.15) is 0 Å². The van der Waals surface area contributed by atoms with E-state index >= 15 is 0 Å². The average molecular weight is 252 g/mol. The molecular formula is C12H16N2S2. The van der Waals surface area contributed by atoms with Crippen molar-refractivity contribution in [3.8, 4) is 0 Å². The third-order valence-corrected chi connectivity index (χ3v) is 4.38. The van der Waals surface area contributed by atoms with Crippen molar-refractivity contribution >= 4 is 27.8 Å². The van der Waals surface area contributed by atoms with Crippen molar-refractivity contribution in [2.75, 3.05) is 5.32 Å². The van der Waals surface area contributed by atoms with Crippen LogP contribution in [0.15, 0.2) is 11.4 Å². The van der Waals surface area contributed by atoms with Crippen LogP contribution in [0.3, 0.4) is 0 Å². The van der Waals surface area contributed by atoms with Gasteiger partial charge in [-0.1, -0.05) is 0 Å². The molecule has 0 aromatic carbocycles. The third kappa shape index (κ3) is 2.44. The molecule has 2 heterocycles. The summed E-state index contributed by atoms with van der Waals surface area (Å²) in [7, 11) is 0. The largest absolute Gasteiger partial charge is 0.355 e. The lowest BCUT2D eigenvalue weighted by Crippen LogP contribution is -2.06. The Morgan fingerprint density at radius 3 is 2.56 bits per heavy atom. The molecule has 4 heteroatoms. The van der Waals surface area contributed by atoms with Crippen LogP contribution in [0.2, 0.25) is 0 Å². The van der Waals surface area contributed by atoms with Crippen molar-refractivity contribution in [2.45, 2.75) is 33.7 Å². The Labute approximate surface area is 104 Å². The van der Waals surface area contributed by atoms with Crippen LogP contribution in [-0.2, 0) is 0 Å². The molecule has 16 heavy (non-hydrogen) atoms. The molecule has 0 saturated carbocycles. The number of nitrogens with zero attached hydrogens (tertiary/aromatic N) is 1. The van der Waals surface area contributed by atoms with E-state index in [0.717, 1.165) is 10.8 Å². The van der Waals surface area contributed by atoms with Gasteiger partial charge < -0.3 is 5.32 Å². The van der Waals surface area contributed by atoms with E-state index in [9.17, 15) is 0 Å². The van der Waals surface area contributed by atoms with Crippen molar-refractivity contribution in [1.29, 1.82) is 0 Å². The SMILES string of the molecule is Cc1csc(NC(C)c2cc(C)sc2C)n1. The van der Waals surface area contributed by atoms with Crippen LogP contribution in [-0.4, -0.2) is 4.98 Å². The third-order valence-electron chi connectivity index (χ3n) is 2.50. The van der Waals surface area contributed by atoms with Gasteiger partial charge in [0, 0.05) is 15.1 Å². The van der Waals surface area contributed by atoms with Gasteiger partial charge in [-0.3, -0.25) is 0 Å². The highest BCUT2D eigenvalue weighted by Gasteiger charge is 2.12. The van der Waals surface area contributed by atoms with Crippen LogP contribution >= 0.6 is 22.7 Å². The highest BCUT2D eigenvalue weighted by Crippen LogP contribution is 2.29. The number of rotatable bonds is 3. The molecule has 0 bridgehead atoms. The molecule has 2 aromatic heterocycles. The first-order valence-electron chi connectivity index (χ1n) is 5.32. The number of hydrogen-bond acceptors (Lipinski definition) is 4. The Hall–Kier alpha value is -0.870. The number of nitrogens with one attached hydrogen (secondary N) is 1. The van der Waals surface area contributed by atoms with Crippen LogP contribution in [0.1, 0.15) is 34.0 Å². The number of anilines is 1. The zero-order chi connectivity index (χ0) is 11.7. The Balaban J connectivity index is 2.14. The molecule has 0 saturated heterocycles. The zero-order valence-corrected chi connectivity index (χ0v) is 11.6. The lowest BCUT2D eigenvalue weighted by molar-refractivity contribution is 0.877. The van der Waals surface area contributed by atoms with E-state index in [0.29, 0.717) is 6.04 Å². The zero-order valence-electron chi connectivity index (χ0n) is 10.00. The Kier molecular flexibility index (Phi) is 3.30. The minimum Gasteiger partial charge on any atom is -0.355 e. The first-order valence-corrected chi connectivity index (χ1v) is 7.01.